The van der Waals surface area contributed by atoms with Crippen molar-refractivity contribution in [1.29, 1.82) is 0 Å². The summed E-state index contributed by atoms with van der Waals surface area (Å²) < 4.78 is 32.1. The summed E-state index contributed by atoms with van der Waals surface area (Å²) in [5.41, 5.74) is 7.43. The van der Waals surface area contributed by atoms with E-state index in [2.05, 4.69) is 5.32 Å². The van der Waals surface area contributed by atoms with Crippen LogP contribution in [0.15, 0.2) is 36.4 Å². The molecule has 2 aromatic carbocycles. The Labute approximate surface area is 116 Å². The van der Waals surface area contributed by atoms with E-state index in [4.69, 9.17) is 10.5 Å². The summed E-state index contributed by atoms with van der Waals surface area (Å²) in [6, 6.07) is 9.71. The minimum atomic E-state index is -0.980. The highest BCUT2D eigenvalue weighted by atomic mass is 19.2. The van der Waals surface area contributed by atoms with Crippen LogP contribution in [0.25, 0.3) is 0 Å². The number of halogens is 2. The second kappa shape index (κ2) is 6.34. The molecule has 2 rings (SSSR count). The maximum absolute atomic E-state index is 13.8. The molecular weight excluding hydrogens is 262 g/mol. The van der Waals surface area contributed by atoms with Crippen molar-refractivity contribution in [3.8, 4) is 0 Å². The lowest BCUT2D eigenvalue weighted by Crippen LogP contribution is -2.04. The third kappa shape index (κ3) is 3.05. The number of benzene rings is 2. The molecule has 20 heavy (non-hydrogen) atoms. The Morgan fingerprint density at radius 3 is 2.65 bits per heavy atom. The Kier molecular flexibility index (Phi) is 4.53. The first-order valence-corrected chi connectivity index (χ1v) is 6.21. The molecule has 0 saturated carbocycles. The summed E-state index contributed by atoms with van der Waals surface area (Å²) >= 11 is 0. The summed E-state index contributed by atoms with van der Waals surface area (Å²) in [6.45, 7) is 0.541. The summed E-state index contributed by atoms with van der Waals surface area (Å²) in [4.78, 5) is 0. The third-order valence-corrected chi connectivity index (χ3v) is 2.98. The van der Waals surface area contributed by atoms with Gasteiger partial charge in [0.05, 0.1) is 12.3 Å². The van der Waals surface area contributed by atoms with Crippen molar-refractivity contribution in [3.63, 3.8) is 0 Å². The van der Waals surface area contributed by atoms with Crippen molar-refractivity contribution in [3.05, 3.63) is 53.6 Å². The normalized spacial score (nSPS) is 10.6. The summed E-state index contributed by atoms with van der Waals surface area (Å²) in [5.74, 6) is -1.91. The van der Waals surface area contributed by atoms with E-state index in [1.165, 1.54) is 6.07 Å². The Hall–Kier alpha value is -2.14. The Morgan fingerprint density at radius 2 is 1.90 bits per heavy atom. The first kappa shape index (κ1) is 14.3. The molecule has 0 fully saturated rings. The largest absolute Gasteiger partial charge is 0.397 e. The fourth-order valence-corrected chi connectivity index (χ4v) is 1.90. The fraction of sp³-hybridized carbons (Fsp3) is 0.200. The van der Waals surface area contributed by atoms with Gasteiger partial charge in [-0.3, -0.25) is 0 Å². The predicted molar refractivity (Wildman–Crippen MR) is 76.1 cm³/mol. The molecule has 0 amide bonds. The maximum Gasteiger partial charge on any atom is 0.184 e. The van der Waals surface area contributed by atoms with Crippen LogP contribution in [0.3, 0.4) is 0 Å². The van der Waals surface area contributed by atoms with Gasteiger partial charge in [-0.15, -0.1) is 0 Å². The molecule has 0 saturated heterocycles. The van der Waals surface area contributed by atoms with E-state index in [0.717, 1.165) is 11.6 Å². The molecule has 106 valence electrons. The van der Waals surface area contributed by atoms with Crippen molar-refractivity contribution in [2.75, 3.05) is 24.8 Å². The zero-order valence-electron chi connectivity index (χ0n) is 11.1. The van der Waals surface area contributed by atoms with Gasteiger partial charge in [-0.1, -0.05) is 18.2 Å². The number of nitrogen functional groups attached to an aromatic ring is 1. The van der Waals surface area contributed by atoms with Crippen LogP contribution in [0.1, 0.15) is 5.56 Å². The highest BCUT2D eigenvalue weighted by Crippen LogP contribution is 2.29. The summed E-state index contributed by atoms with van der Waals surface area (Å²) in [6.07, 6.45) is 0.663. The zero-order chi connectivity index (χ0) is 14.5. The van der Waals surface area contributed by atoms with E-state index >= 15 is 0 Å². The molecular formula is C15H16F2N2O. The lowest BCUT2D eigenvalue weighted by molar-refractivity contribution is 0.202. The zero-order valence-corrected chi connectivity index (χ0v) is 11.1. The van der Waals surface area contributed by atoms with Gasteiger partial charge in [0.1, 0.15) is 5.69 Å². The number of hydrogen-bond donors (Lipinski definition) is 2. The van der Waals surface area contributed by atoms with E-state index in [1.807, 2.05) is 18.2 Å². The fourth-order valence-electron chi connectivity index (χ4n) is 1.90. The van der Waals surface area contributed by atoms with E-state index in [9.17, 15) is 8.78 Å². The van der Waals surface area contributed by atoms with E-state index in [1.54, 1.807) is 13.2 Å². The molecule has 2 aromatic rings. The molecule has 0 unspecified atom stereocenters. The molecule has 0 aromatic heterocycles. The quantitative estimate of drug-likeness (QED) is 0.823. The second-order valence-electron chi connectivity index (χ2n) is 4.35. The van der Waals surface area contributed by atoms with Crippen LogP contribution in [0.5, 0.6) is 0 Å². The van der Waals surface area contributed by atoms with Crippen LogP contribution in [-0.2, 0) is 11.2 Å². The Bertz CT molecular complexity index is 602. The lowest BCUT2D eigenvalue weighted by atomic mass is 10.1. The van der Waals surface area contributed by atoms with Gasteiger partial charge in [-0.25, -0.2) is 8.78 Å². The number of methoxy groups -OCH3 is 1. The van der Waals surface area contributed by atoms with Crippen LogP contribution < -0.4 is 11.1 Å². The van der Waals surface area contributed by atoms with Crippen molar-refractivity contribution in [2.24, 2.45) is 0 Å². The monoisotopic (exact) mass is 278 g/mol. The molecule has 0 heterocycles. The van der Waals surface area contributed by atoms with Gasteiger partial charge in [0.25, 0.3) is 0 Å². The molecule has 3 N–H and O–H groups in total. The number of ether oxygens (including phenoxy) is 1. The average Bonchev–Trinajstić information content (AvgIpc) is 2.46. The highest BCUT2D eigenvalue weighted by molar-refractivity contribution is 5.74. The molecule has 5 heteroatoms. The molecule has 0 aliphatic heterocycles. The predicted octanol–water partition coefficient (Wildman–Crippen LogP) is 3.48. The van der Waals surface area contributed by atoms with Gasteiger partial charge < -0.3 is 15.8 Å². The van der Waals surface area contributed by atoms with Crippen LogP contribution in [0.4, 0.5) is 25.8 Å². The minimum absolute atomic E-state index is 0.0464. The number of rotatable bonds is 5. The molecule has 0 spiro atoms. The smallest absolute Gasteiger partial charge is 0.184 e. The number of para-hydroxylation sites is 1. The van der Waals surface area contributed by atoms with Crippen molar-refractivity contribution >= 4 is 17.1 Å². The first-order chi connectivity index (χ1) is 9.63. The van der Waals surface area contributed by atoms with Gasteiger partial charge in [0, 0.05) is 12.8 Å². The summed E-state index contributed by atoms with van der Waals surface area (Å²) in [7, 11) is 1.61. The van der Waals surface area contributed by atoms with Crippen molar-refractivity contribution in [2.45, 2.75) is 6.42 Å². The van der Waals surface area contributed by atoms with E-state index in [0.29, 0.717) is 18.7 Å². The Balaban J connectivity index is 2.33. The molecule has 0 bridgehead atoms. The van der Waals surface area contributed by atoms with Gasteiger partial charge in [-0.05, 0) is 30.2 Å². The molecule has 0 aliphatic rings. The maximum atomic E-state index is 13.8. The number of nitrogens with one attached hydrogen (secondary N) is 1. The standard InChI is InChI=1S/C15H16F2N2O/c1-20-9-8-10-4-2-3-5-13(10)19-15-12(18)7-6-11(16)14(15)17/h2-7,19H,8-9,18H2,1H3. The van der Waals surface area contributed by atoms with Crippen molar-refractivity contribution in [1.82, 2.24) is 0 Å². The minimum Gasteiger partial charge on any atom is -0.397 e. The van der Waals surface area contributed by atoms with Gasteiger partial charge in [0.2, 0.25) is 0 Å². The van der Waals surface area contributed by atoms with Gasteiger partial charge in [0.15, 0.2) is 11.6 Å². The lowest BCUT2D eigenvalue weighted by Gasteiger charge is -2.14. The first-order valence-electron chi connectivity index (χ1n) is 6.21. The number of hydrogen-bond acceptors (Lipinski definition) is 3. The SMILES string of the molecule is COCCc1ccccc1Nc1c(N)ccc(F)c1F. The van der Waals surface area contributed by atoms with Gasteiger partial charge in [-0.2, -0.15) is 0 Å². The topological polar surface area (TPSA) is 47.3 Å². The van der Waals surface area contributed by atoms with Crippen LogP contribution in [0, 0.1) is 11.6 Å². The van der Waals surface area contributed by atoms with Crippen LogP contribution >= 0.6 is 0 Å². The highest BCUT2D eigenvalue weighted by Gasteiger charge is 2.13. The number of nitrogens with two attached hydrogens (primary N) is 1. The molecule has 0 radical (unpaired) electrons. The van der Waals surface area contributed by atoms with Crippen LogP contribution in [0.2, 0.25) is 0 Å². The molecule has 3 nitrogen and oxygen atoms in total. The van der Waals surface area contributed by atoms with Crippen LogP contribution in [-0.4, -0.2) is 13.7 Å². The van der Waals surface area contributed by atoms with E-state index < -0.39 is 11.6 Å². The molecule has 0 atom stereocenters. The Morgan fingerprint density at radius 1 is 1.15 bits per heavy atom. The van der Waals surface area contributed by atoms with E-state index in [-0.39, 0.29) is 11.4 Å². The third-order valence-electron chi connectivity index (χ3n) is 2.98. The number of anilines is 3. The van der Waals surface area contributed by atoms with Crippen molar-refractivity contribution < 1.29 is 13.5 Å². The van der Waals surface area contributed by atoms with Gasteiger partial charge >= 0.3 is 0 Å². The second-order valence-corrected chi connectivity index (χ2v) is 4.35. The molecule has 0 aliphatic carbocycles. The average molecular weight is 278 g/mol. The summed E-state index contributed by atoms with van der Waals surface area (Å²) in [5, 5.41) is 2.86.